The molecule has 2 aromatic carbocycles. The van der Waals surface area contributed by atoms with Crippen LogP contribution in [0.15, 0.2) is 42.5 Å². The normalized spacial score (nSPS) is 33.5. The molecular weight excluding hydrogens is 206 g/mol. The predicted molar refractivity (Wildman–Crippen MR) is 71.1 cm³/mol. The van der Waals surface area contributed by atoms with Crippen LogP contribution in [0, 0.1) is 11.8 Å². The highest BCUT2D eigenvalue weighted by molar-refractivity contribution is 5.83. The lowest BCUT2D eigenvalue weighted by molar-refractivity contribution is 0.540. The molecule has 0 radical (unpaired) electrons. The summed E-state index contributed by atoms with van der Waals surface area (Å²) in [5.41, 5.74) is 2.13. The van der Waals surface area contributed by atoms with Crippen molar-refractivity contribution in [3.8, 4) is 0 Å². The molecule has 2 aliphatic rings. The number of benzene rings is 2. The fraction of sp³-hybridized carbons (Fsp3) is 0.375. The second-order valence-corrected chi connectivity index (χ2v) is 5.58. The van der Waals surface area contributed by atoms with Crippen LogP contribution in [0.3, 0.4) is 0 Å². The van der Waals surface area contributed by atoms with Gasteiger partial charge in [0.25, 0.3) is 0 Å². The largest absolute Gasteiger partial charge is 0.319 e. The standard InChI is InChI=1S/C16H17N/c1-17-10-15-14-9-16(14,15)13-7-6-11-4-2-3-5-12(11)8-13/h2-8,14-15,17H,9-10H2,1H3/t14?,15-,16-/m0/s1. The van der Waals surface area contributed by atoms with Crippen molar-refractivity contribution in [2.75, 3.05) is 13.6 Å². The topological polar surface area (TPSA) is 12.0 Å². The van der Waals surface area contributed by atoms with Crippen LogP contribution in [-0.4, -0.2) is 13.6 Å². The van der Waals surface area contributed by atoms with Gasteiger partial charge < -0.3 is 5.32 Å². The van der Waals surface area contributed by atoms with Crippen LogP contribution in [0.4, 0.5) is 0 Å². The van der Waals surface area contributed by atoms with E-state index in [4.69, 9.17) is 0 Å². The molecule has 1 heteroatoms. The average Bonchev–Trinajstić information content (AvgIpc) is 3.24. The third-order valence-corrected chi connectivity index (χ3v) is 4.81. The van der Waals surface area contributed by atoms with E-state index in [0.29, 0.717) is 5.41 Å². The van der Waals surface area contributed by atoms with E-state index in [2.05, 4.69) is 54.8 Å². The molecule has 2 fully saturated rings. The maximum Gasteiger partial charge on any atom is 0.00316 e. The number of hydrogen-bond acceptors (Lipinski definition) is 1. The quantitative estimate of drug-likeness (QED) is 0.843. The monoisotopic (exact) mass is 223 g/mol. The number of rotatable bonds is 3. The molecule has 17 heavy (non-hydrogen) atoms. The van der Waals surface area contributed by atoms with Gasteiger partial charge in [-0.2, -0.15) is 0 Å². The van der Waals surface area contributed by atoms with Crippen molar-refractivity contribution < 1.29 is 0 Å². The maximum atomic E-state index is 3.32. The van der Waals surface area contributed by atoms with Crippen molar-refractivity contribution in [2.45, 2.75) is 11.8 Å². The first-order valence-corrected chi connectivity index (χ1v) is 6.50. The highest BCUT2D eigenvalue weighted by Gasteiger charge is 2.78. The van der Waals surface area contributed by atoms with Crippen molar-refractivity contribution >= 4 is 10.8 Å². The summed E-state index contributed by atoms with van der Waals surface area (Å²) in [5, 5.41) is 6.07. The Balaban J connectivity index is 1.74. The van der Waals surface area contributed by atoms with Gasteiger partial charge in [0.05, 0.1) is 0 Å². The first-order chi connectivity index (χ1) is 8.36. The Labute approximate surface area is 102 Å². The van der Waals surface area contributed by atoms with Gasteiger partial charge in [0, 0.05) is 5.41 Å². The minimum Gasteiger partial charge on any atom is -0.319 e. The van der Waals surface area contributed by atoms with Crippen LogP contribution in [0.1, 0.15) is 12.0 Å². The lowest BCUT2D eigenvalue weighted by atomic mass is 9.95. The molecule has 2 aliphatic carbocycles. The van der Waals surface area contributed by atoms with E-state index in [1.807, 2.05) is 0 Å². The summed E-state index contributed by atoms with van der Waals surface area (Å²) in [4.78, 5) is 0. The molecule has 1 N–H and O–H groups in total. The van der Waals surface area contributed by atoms with Crippen molar-refractivity contribution in [2.24, 2.45) is 11.8 Å². The highest BCUT2D eigenvalue weighted by atomic mass is 14.9. The molecule has 2 aromatic rings. The van der Waals surface area contributed by atoms with E-state index < -0.39 is 0 Å². The summed E-state index contributed by atoms with van der Waals surface area (Å²) < 4.78 is 0. The zero-order valence-electron chi connectivity index (χ0n) is 10.1. The zero-order chi connectivity index (χ0) is 11.5. The highest BCUT2D eigenvalue weighted by Crippen LogP contribution is 2.79. The molecule has 0 bridgehead atoms. The summed E-state index contributed by atoms with van der Waals surface area (Å²) in [7, 11) is 2.06. The van der Waals surface area contributed by atoms with Crippen molar-refractivity contribution in [3.05, 3.63) is 48.0 Å². The Hall–Kier alpha value is -1.34. The molecule has 0 heterocycles. The molecule has 0 spiro atoms. The Morgan fingerprint density at radius 3 is 2.76 bits per heavy atom. The third-order valence-electron chi connectivity index (χ3n) is 4.81. The molecule has 1 nitrogen and oxygen atoms in total. The SMILES string of the molecule is CNC[C@H]1C2C[C@]21c1ccc2ccccc2c1. The minimum atomic E-state index is 0.563. The Kier molecular flexibility index (Phi) is 1.77. The minimum absolute atomic E-state index is 0.563. The fourth-order valence-corrected chi connectivity index (χ4v) is 3.61. The van der Waals surface area contributed by atoms with Gasteiger partial charge >= 0.3 is 0 Å². The van der Waals surface area contributed by atoms with E-state index in [0.717, 1.165) is 11.8 Å². The zero-order valence-corrected chi connectivity index (χ0v) is 10.1. The van der Waals surface area contributed by atoms with Gasteiger partial charge in [0.1, 0.15) is 0 Å². The second kappa shape index (κ2) is 3.11. The Morgan fingerprint density at radius 2 is 2.00 bits per heavy atom. The number of hydrogen-bond donors (Lipinski definition) is 1. The van der Waals surface area contributed by atoms with Gasteiger partial charge in [-0.05, 0) is 48.2 Å². The van der Waals surface area contributed by atoms with E-state index in [-0.39, 0.29) is 0 Å². The predicted octanol–water partition coefficient (Wildman–Crippen LogP) is 2.95. The third kappa shape index (κ3) is 1.18. The fourth-order valence-electron chi connectivity index (χ4n) is 3.61. The summed E-state index contributed by atoms with van der Waals surface area (Å²) >= 11 is 0. The molecule has 1 unspecified atom stereocenters. The molecule has 0 aromatic heterocycles. The van der Waals surface area contributed by atoms with Gasteiger partial charge in [-0.25, -0.2) is 0 Å². The molecule has 0 aliphatic heterocycles. The lowest BCUT2D eigenvalue weighted by Gasteiger charge is -2.12. The maximum absolute atomic E-state index is 3.32. The smallest absolute Gasteiger partial charge is 0.00316 e. The van der Waals surface area contributed by atoms with Crippen LogP contribution in [-0.2, 0) is 5.41 Å². The first kappa shape index (κ1) is 9.67. The van der Waals surface area contributed by atoms with Gasteiger partial charge in [0.2, 0.25) is 0 Å². The second-order valence-electron chi connectivity index (χ2n) is 5.58. The van der Waals surface area contributed by atoms with E-state index >= 15 is 0 Å². The van der Waals surface area contributed by atoms with E-state index in [9.17, 15) is 0 Å². The first-order valence-electron chi connectivity index (χ1n) is 6.50. The van der Waals surface area contributed by atoms with Crippen LogP contribution in [0.2, 0.25) is 0 Å². The molecule has 4 rings (SSSR count). The molecule has 86 valence electrons. The molecule has 0 amide bonds. The van der Waals surface area contributed by atoms with Gasteiger partial charge in [-0.3, -0.25) is 0 Å². The van der Waals surface area contributed by atoms with Crippen LogP contribution >= 0.6 is 0 Å². The molecule has 3 atom stereocenters. The summed E-state index contributed by atoms with van der Waals surface area (Å²) in [6.07, 6.45) is 1.41. The van der Waals surface area contributed by atoms with Crippen LogP contribution < -0.4 is 5.32 Å². The average molecular weight is 223 g/mol. The molecule has 2 saturated carbocycles. The van der Waals surface area contributed by atoms with E-state index in [1.54, 1.807) is 5.56 Å². The van der Waals surface area contributed by atoms with Gasteiger partial charge in [0.15, 0.2) is 0 Å². The Morgan fingerprint density at radius 1 is 1.18 bits per heavy atom. The number of fused-ring (bicyclic) bond motifs is 2. The van der Waals surface area contributed by atoms with Gasteiger partial charge in [-0.1, -0.05) is 42.5 Å². The van der Waals surface area contributed by atoms with Gasteiger partial charge in [-0.15, -0.1) is 0 Å². The van der Waals surface area contributed by atoms with E-state index in [1.165, 1.54) is 23.7 Å². The summed E-state index contributed by atoms with van der Waals surface area (Å²) in [6.45, 7) is 1.18. The van der Waals surface area contributed by atoms with Crippen LogP contribution in [0.5, 0.6) is 0 Å². The number of nitrogens with one attached hydrogen (secondary N) is 1. The molecule has 0 saturated heterocycles. The van der Waals surface area contributed by atoms with Crippen LogP contribution in [0.25, 0.3) is 10.8 Å². The summed E-state index contributed by atoms with van der Waals surface area (Å²) in [5.74, 6) is 1.87. The van der Waals surface area contributed by atoms with Crippen molar-refractivity contribution in [3.63, 3.8) is 0 Å². The lowest BCUT2D eigenvalue weighted by Crippen LogP contribution is -2.18. The molecular formula is C16H17N. The van der Waals surface area contributed by atoms with Crippen molar-refractivity contribution in [1.82, 2.24) is 5.32 Å². The van der Waals surface area contributed by atoms with Crippen molar-refractivity contribution in [1.29, 1.82) is 0 Å². The Bertz CT molecular complexity index is 589. The summed E-state index contributed by atoms with van der Waals surface area (Å²) in [6, 6.07) is 15.7.